The van der Waals surface area contributed by atoms with Crippen molar-refractivity contribution in [1.82, 2.24) is 0 Å². The van der Waals surface area contributed by atoms with Gasteiger partial charge in [-0.15, -0.1) is 0 Å². The van der Waals surface area contributed by atoms with Crippen LogP contribution in [-0.4, -0.2) is 48.8 Å². The van der Waals surface area contributed by atoms with E-state index in [2.05, 4.69) is 14.0 Å². The van der Waals surface area contributed by atoms with Gasteiger partial charge in [-0.05, 0) is 6.42 Å². The lowest BCUT2D eigenvalue weighted by atomic mass is 9.84. The van der Waals surface area contributed by atoms with E-state index >= 15 is 0 Å². The monoisotopic (exact) mass is 474 g/mol. The Kier molecular flexibility index (Phi) is 14.0. The summed E-state index contributed by atoms with van der Waals surface area (Å²) in [5.74, 6) is 0.426. The number of fused-ring (bicyclic) bond motifs is 3. The number of hydrogen-bond donors (Lipinski definition) is 1. The molecule has 3 rings (SSSR count). The van der Waals surface area contributed by atoms with Crippen molar-refractivity contribution >= 4 is 7.82 Å². The van der Waals surface area contributed by atoms with E-state index in [1.165, 1.54) is 103 Å². The normalized spacial score (nSPS) is 27.0. The van der Waals surface area contributed by atoms with Crippen LogP contribution < -0.4 is 0 Å². The van der Waals surface area contributed by atoms with Crippen molar-refractivity contribution in [3.8, 4) is 0 Å². The Morgan fingerprint density at radius 1 is 0.781 bits per heavy atom. The van der Waals surface area contributed by atoms with Crippen LogP contribution in [-0.2, 0) is 13.6 Å². The van der Waals surface area contributed by atoms with Crippen molar-refractivity contribution in [1.29, 1.82) is 0 Å². The third-order valence-corrected chi connectivity index (χ3v) is 8.79. The summed E-state index contributed by atoms with van der Waals surface area (Å²) in [6.45, 7) is 5.79. The Labute approximate surface area is 198 Å². The molecule has 3 aliphatic rings. The second-order valence-corrected chi connectivity index (χ2v) is 12.2. The predicted molar refractivity (Wildman–Crippen MR) is 134 cm³/mol. The maximum absolute atomic E-state index is 12.3. The average molecular weight is 475 g/mol. The number of rotatable bonds is 20. The molecule has 32 heavy (non-hydrogen) atoms. The molecule has 190 valence electrons. The first-order chi connectivity index (χ1) is 15.4. The molecular formula is C26H53NO4P+. The molecule has 0 spiro atoms. The molecule has 3 heterocycles. The lowest BCUT2D eigenvalue weighted by Crippen LogP contribution is -2.61. The van der Waals surface area contributed by atoms with Gasteiger partial charge in [-0.25, -0.2) is 4.57 Å². The summed E-state index contributed by atoms with van der Waals surface area (Å²) in [7, 11) is -1.69. The Bertz CT molecular complexity index is 522. The van der Waals surface area contributed by atoms with Gasteiger partial charge in [0.05, 0.1) is 26.7 Å². The summed E-state index contributed by atoms with van der Waals surface area (Å²) in [6.07, 6.45) is 23.2. The molecule has 6 heteroatoms. The topological polar surface area (TPSA) is 55.8 Å². The van der Waals surface area contributed by atoms with Crippen LogP contribution in [0, 0.1) is 5.92 Å². The lowest BCUT2D eigenvalue weighted by Gasteiger charge is -2.50. The number of piperidine rings is 3. The van der Waals surface area contributed by atoms with Crippen LogP contribution in [0.15, 0.2) is 0 Å². The molecule has 3 aliphatic heterocycles. The van der Waals surface area contributed by atoms with E-state index in [1.807, 2.05) is 0 Å². The molecule has 0 amide bonds. The van der Waals surface area contributed by atoms with Gasteiger partial charge in [0.25, 0.3) is 0 Å². The molecule has 0 aliphatic carbocycles. The highest BCUT2D eigenvalue weighted by Crippen LogP contribution is 2.48. The van der Waals surface area contributed by atoms with E-state index < -0.39 is 7.82 Å². The Morgan fingerprint density at radius 2 is 1.22 bits per heavy atom. The zero-order valence-corrected chi connectivity index (χ0v) is 22.2. The van der Waals surface area contributed by atoms with Crippen molar-refractivity contribution in [3.05, 3.63) is 0 Å². The van der Waals surface area contributed by atoms with Crippen LogP contribution in [0.1, 0.15) is 122 Å². The molecule has 2 bridgehead atoms. The van der Waals surface area contributed by atoms with Gasteiger partial charge in [-0.3, -0.25) is 9.05 Å². The van der Waals surface area contributed by atoms with Gasteiger partial charge in [-0.2, -0.15) is 0 Å². The fourth-order valence-electron chi connectivity index (χ4n) is 5.50. The molecule has 0 aromatic rings. The minimum absolute atomic E-state index is 0.121. The highest BCUT2D eigenvalue weighted by molar-refractivity contribution is 7.47. The SMILES string of the molecule is CCCCCCCCCCCCCCCCCCOP(=O)(O)OC1C[N+]2(C)CCC1CC2. The minimum Gasteiger partial charge on any atom is -0.324 e. The van der Waals surface area contributed by atoms with E-state index in [4.69, 9.17) is 9.05 Å². The molecule has 2 atom stereocenters. The minimum atomic E-state index is -3.92. The van der Waals surface area contributed by atoms with Crippen LogP contribution in [0.25, 0.3) is 0 Å². The van der Waals surface area contributed by atoms with Crippen LogP contribution in [0.4, 0.5) is 0 Å². The lowest BCUT2D eigenvalue weighted by molar-refractivity contribution is -0.928. The number of hydrogen-bond acceptors (Lipinski definition) is 3. The number of nitrogens with zero attached hydrogens (tertiary/aromatic N) is 1. The second kappa shape index (κ2) is 15.9. The van der Waals surface area contributed by atoms with Crippen LogP contribution >= 0.6 is 7.82 Å². The van der Waals surface area contributed by atoms with Crippen molar-refractivity contribution in [3.63, 3.8) is 0 Å². The van der Waals surface area contributed by atoms with Crippen LogP contribution in [0.5, 0.6) is 0 Å². The van der Waals surface area contributed by atoms with Crippen LogP contribution in [0.2, 0.25) is 0 Å². The van der Waals surface area contributed by atoms with Crippen molar-refractivity contribution in [2.45, 2.75) is 129 Å². The summed E-state index contributed by atoms with van der Waals surface area (Å²) in [5.41, 5.74) is 0. The molecule has 0 radical (unpaired) electrons. The highest BCUT2D eigenvalue weighted by atomic mass is 31.2. The summed E-state index contributed by atoms with van der Waals surface area (Å²) in [6, 6.07) is 0. The fourth-order valence-corrected chi connectivity index (χ4v) is 6.50. The fraction of sp³-hybridized carbons (Fsp3) is 1.00. The van der Waals surface area contributed by atoms with Gasteiger partial charge in [0.1, 0.15) is 12.6 Å². The summed E-state index contributed by atoms with van der Waals surface area (Å²) >= 11 is 0. The highest BCUT2D eigenvalue weighted by Gasteiger charge is 2.46. The van der Waals surface area contributed by atoms with Gasteiger partial charge in [-0.1, -0.05) is 103 Å². The average Bonchev–Trinajstić information content (AvgIpc) is 2.75. The first-order valence-electron chi connectivity index (χ1n) is 13.9. The van der Waals surface area contributed by atoms with Gasteiger partial charge < -0.3 is 9.38 Å². The largest absolute Gasteiger partial charge is 0.472 e. The zero-order valence-electron chi connectivity index (χ0n) is 21.3. The standard InChI is InChI=1S/C26H52NO4P/c1-3-4-5-6-7-8-9-10-11-12-13-14-15-16-17-18-23-30-32(28,29)31-26-24-27(2)21-19-25(26)20-22-27/h25-26H,3-24H2,1-2H3/p+1. The Morgan fingerprint density at radius 3 is 1.66 bits per heavy atom. The van der Waals surface area contributed by atoms with Gasteiger partial charge >= 0.3 is 7.82 Å². The number of phosphoric ester groups is 1. The van der Waals surface area contributed by atoms with E-state index in [-0.39, 0.29) is 6.10 Å². The molecule has 3 fully saturated rings. The predicted octanol–water partition coefficient (Wildman–Crippen LogP) is 7.62. The van der Waals surface area contributed by atoms with Gasteiger partial charge in [0, 0.05) is 18.8 Å². The summed E-state index contributed by atoms with van der Waals surface area (Å²) in [4.78, 5) is 10.1. The van der Waals surface area contributed by atoms with Gasteiger partial charge in [0.2, 0.25) is 0 Å². The van der Waals surface area contributed by atoms with Crippen molar-refractivity contribution in [2.75, 3.05) is 33.3 Å². The molecule has 0 saturated carbocycles. The van der Waals surface area contributed by atoms with Gasteiger partial charge in [0.15, 0.2) is 0 Å². The molecule has 2 unspecified atom stereocenters. The molecule has 0 aromatic heterocycles. The molecule has 5 nitrogen and oxygen atoms in total. The molecule has 0 aromatic carbocycles. The second-order valence-electron chi connectivity index (χ2n) is 10.8. The maximum Gasteiger partial charge on any atom is 0.472 e. The first-order valence-corrected chi connectivity index (χ1v) is 15.4. The van der Waals surface area contributed by atoms with E-state index in [0.29, 0.717) is 12.5 Å². The zero-order chi connectivity index (χ0) is 23.1. The number of likely N-dealkylation sites (N-methyl/N-ethyl adjacent to an activating group) is 1. The quantitative estimate of drug-likeness (QED) is 0.112. The van der Waals surface area contributed by atoms with Crippen LogP contribution in [0.3, 0.4) is 0 Å². The smallest absolute Gasteiger partial charge is 0.324 e. The summed E-state index contributed by atoms with van der Waals surface area (Å²) in [5, 5.41) is 0. The maximum atomic E-state index is 12.3. The van der Waals surface area contributed by atoms with E-state index in [9.17, 15) is 9.46 Å². The molecular weight excluding hydrogens is 421 g/mol. The Balaban J connectivity index is 1.34. The number of quaternary nitrogens is 1. The number of unbranched alkanes of at least 4 members (excludes halogenated alkanes) is 15. The van der Waals surface area contributed by atoms with Crippen molar-refractivity contribution in [2.24, 2.45) is 5.92 Å². The first kappa shape index (κ1) is 28.3. The third-order valence-electron chi connectivity index (χ3n) is 7.75. The third kappa shape index (κ3) is 12.0. The van der Waals surface area contributed by atoms with Crippen molar-refractivity contribution < 1.29 is 23.0 Å². The Hall–Kier alpha value is 0.0700. The summed E-state index contributed by atoms with van der Waals surface area (Å²) < 4.78 is 24.2. The van der Waals surface area contributed by atoms with E-state index in [0.717, 1.165) is 36.7 Å². The van der Waals surface area contributed by atoms with E-state index in [1.54, 1.807) is 0 Å². The molecule has 3 saturated heterocycles. The number of phosphoric acid groups is 1. The molecule has 1 N–H and O–H groups in total.